The van der Waals surface area contributed by atoms with Gasteiger partial charge >= 0.3 is 30.2 Å². The van der Waals surface area contributed by atoms with Crippen molar-refractivity contribution in [1.82, 2.24) is 0 Å². The maximum absolute atomic E-state index is 3.06. The molecule has 45 heavy (non-hydrogen) atoms. The van der Waals surface area contributed by atoms with Crippen molar-refractivity contribution in [2.75, 3.05) is 0 Å². The molecule has 0 spiro atoms. The van der Waals surface area contributed by atoms with Crippen molar-refractivity contribution in [3.63, 3.8) is 0 Å². The summed E-state index contributed by atoms with van der Waals surface area (Å²) >= 11 is 1.36. The summed E-state index contributed by atoms with van der Waals surface area (Å²) in [6, 6.07) is 50.0. The summed E-state index contributed by atoms with van der Waals surface area (Å²) in [5.41, 5.74) is 11.8. The number of aryl methyl sites for hydroxylation is 3. The van der Waals surface area contributed by atoms with E-state index in [1.54, 1.807) is 0 Å². The molecule has 0 heterocycles. The predicted octanol–water partition coefficient (Wildman–Crippen LogP) is 12.4. The quantitative estimate of drug-likeness (QED) is 0.126. The fourth-order valence-electron chi connectivity index (χ4n) is 5.55. The Kier molecular flexibility index (Phi) is 16.8. The van der Waals surface area contributed by atoms with Gasteiger partial charge in [-0.25, -0.2) is 0 Å². The summed E-state index contributed by atoms with van der Waals surface area (Å²) in [5.74, 6) is 0. The van der Waals surface area contributed by atoms with Crippen molar-refractivity contribution in [1.29, 1.82) is 0 Å². The number of hydrogen-bond donors (Lipinski definition) is 0. The summed E-state index contributed by atoms with van der Waals surface area (Å²) in [6.45, 7) is 9.54. The van der Waals surface area contributed by atoms with Gasteiger partial charge in [0.1, 0.15) is 0 Å². The second kappa shape index (κ2) is 18.8. The first kappa shape index (κ1) is 40.0. The van der Waals surface area contributed by atoms with Crippen LogP contribution in [0.4, 0.5) is 0 Å². The number of hydrogen-bond acceptors (Lipinski definition) is 0. The summed E-state index contributed by atoms with van der Waals surface area (Å²) in [4.78, 5) is 0. The SMILES string of the molecule is Cc1cc2c(-c3ccccc3)ccc(C)c2[cH-]1.Cc1cccc(-c2cc3c(-c4ccccc4)cccc3[cH-]2)c1.Cl.Cl.[CH3-].[CH3-].[Si]=[Zr]. The molecule has 0 atom stereocenters. The molecule has 0 saturated heterocycles. The summed E-state index contributed by atoms with van der Waals surface area (Å²) in [5, 5.41) is 5.38. The Morgan fingerprint density at radius 2 is 1.07 bits per heavy atom. The van der Waals surface area contributed by atoms with Crippen molar-refractivity contribution in [3.05, 3.63) is 171 Å². The van der Waals surface area contributed by atoms with Gasteiger partial charge in [-0.05, 0) is 18.1 Å². The average molecular weight is 723 g/mol. The molecule has 7 aromatic carbocycles. The van der Waals surface area contributed by atoms with E-state index < -0.39 is 0 Å². The van der Waals surface area contributed by atoms with Crippen molar-refractivity contribution in [3.8, 4) is 33.4 Å². The van der Waals surface area contributed by atoms with E-state index in [9.17, 15) is 0 Å². The summed E-state index contributed by atoms with van der Waals surface area (Å²) in [7, 11) is 0. The Morgan fingerprint density at radius 3 is 1.67 bits per heavy atom. The number of rotatable bonds is 3. The van der Waals surface area contributed by atoms with Gasteiger partial charge in [0.15, 0.2) is 0 Å². The van der Waals surface area contributed by atoms with Crippen LogP contribution in [0, 0.1) is 35.6 Å². The first-order valence-electron chi connectivity index (χ1n) is 13.9. The van der Waals surface area contributed by atoms with E-state index in [2.05, 4.69) is 167 Å². The van der Waals surface area contributed by atoms with E-state index in [-0.39, 0.29) is 39.7 Å². The van der Waals surface area contributed by atoms with Gasteiger partial charge in [-0.2, -0.15) is 6.07 Å². The standard InChI is InChI=1S/C22H17.C17H15.2CH3.2ClH.Si.Zr/c1-16-7-5-10-18(13-16)20-14-19-11-6-12-21(22(19)15-20)17-8-3-2-4-9-17;1-12-10-16-13(2)8-9-15(17(16)11-12)14-6-4-3-5-7-14;;;;;;/h2-15H,1H3;3-11H,1-2H3;2*1H3;2*1H;;/q4*-1;;;;. The van der Waals surface area contributed by atoms with Gasteiger partial charge in [-0.1, -0.05) is 139 Å². The second-order valence-corrected chi connectivity index (χ2v) is 10.4. The molecular weight excluding hydrogens is 683 g/mol. The Hall–Kier alpha value is -3.00. The van der Waals surface area contributed by atoms with Crippen LogP contribution in [-0.4, -0.2) is 6.88 Å². The number of fused-ring (bicyclic) bond motifs is 2. The zero-order valence-electron chi connectivity index (χ0n) is 26.6. The average Bonchev–Trinajstić information content (AvgIpc) is 3.64. The van der Waals surface area contributed by atoms with Crippen LogP contribution < -0.4 is 0 Å². The van der Waals surface area contributed by atoms with Gasteiger partial charge in [0.2, 0.25) is 0 Å². The summed E-state index contributed by atoms with van der Waals surface area (Å²) < 4.78 is 0. The van der Waals surface area contributed by atoms with Crippen LogP contribution in [0.15, 0.2) is 140 Å². The zero-order chi connectivity index (χ0) is 28.8. The first-order valence-corrected chi connectivity index (χ1v) is 18.0. The molecule has 0 nitrogen and oxygen atoms in total. The van der Waals surface area contributed by atoms with E-state index in [1.165, 1.54) is 95.0 Å². The van der Waals surface area contributed by atoms with Crippen LogP contribution in [0.1, 0.15) is 16.7 Å². The minimum atomic E-state index is 0. The number of halogens is 2. The Labute approximate surface area is 299 Å². The van der Waals surface area contributed by atoms with Crippen molar-refractivity contribution in [2.45, 2.75) is 20.8 Å². The van der Waals surface area contributed by atoms with Gasteiger partial charge in [-0.15, -0.1) is 93.4 Å². The van der Waals surface area contributed by atoms with Crippen LogP contribution in [0.25, 0.3) is 54.9 Å². The van der Waals surface area contributed by atoms with Gasteiger partial charge < -0.3 is 14.9 Å². The molecule has 0 amide bonds. The van der Waals surface area contributed by atoms with Crippen molar-refractivity contribution in [2.24, 2.45) is 0 Å². The van der Waals surface area contributed by atoms with Gasteiger partial charge in [0, 0.05) is 0 Å². The van der Waals surface area contributed by atoms with Crippen LogP contribution >= 0.6 is 24.8 Å². The van der Waals surface area contributed by atoms with E-state index in [4.69, 9.17) is 0 Å². The van der Waals surface area contributed by atoms with Crippen LogP contribution in [0.5, 0.6) is 0 Å². The van der Waals surface area contributed by atoms with E-state index in [0.29, 0.717) is 0 Å². The maximum atomic E-state index is 3.06. The predicted molar refractivity (Wildman–Crippen MR) is 203 cm³/mol. The normalized spacial score (nSPS) is 9.56. The molecule has 0 saturated carbocycles. The second-order valence-electron chi connectivity index (χ2n) is 10.4. The van der Waals surface area contributed by atoms with E-state index >= 15 is 0 Å². The third kappa shape index (κ3) is 9.27. The Morgan fingerprint density at radius 1 is 0.511 bits per heavy atom. The molecular formula is C41H40Cl2SiZr-4. The molecule has 7 rings (SSSR count). The van der Waals surface area contributed by atoms with Gasteiger partial charge in [0.25, 0.3) is 0 Å². The van der Waals surface area contributed by atoms with Gasteiger partial charge in [-0.3, -0.25) is 0 Å². The topological polar surface area (TPSA) is 0 Å². The molecule has 2 radical (unpaired) electrons. The van der Waals surface area contributed by atoms with Crippen molar-refractivity contribution >= 4 is 53.2 Å². The Balaban J connectivity index is 0.000000402. The molecule has 0 unspecified atom stereocenters. The summed E-state index contributed by atoms with van der Waals surface area (Å²) in [6.07, 6.45) is 0. The molecule has 7 aromatic rings. The molecule has 0 fully saturated rings. The Bertz CT molecular complexity index is 1900. The molecule has 230 valence electrons. The molecule has 0 aliphatic carbocycles. The van der Waals surface area contributed by atoms with Crippen LogP contribution in [-0.2, 0) is 23.3 Å². The van der Waals surface area contributed by atoms with Crippen LogP contribution in [0.3, 0.4) is 0 Å². The van der Waals surface area contributed by atoms with Gasteiger partial charge in [0.05, 0.1) is 0 Å². The molecule has 0 bridgehead atoms. The molecule has 4 heteroatoms. The molecule has 0 aliphatic heterocycles. The minimum absolute atomic E-state index is 0. The zero-order valence-corrected chi connectivity index (χ0v) is 31.7. The van der Waals surface area contributed by atoms with E-state index in [0.717, 1.165) is 0 Å². The van der Waals surface area contributed by atoms with E-state index in [1.807, 2.05) is 0 Å². The fraction of sp³-hybridized carbons (Fsp3) is 0.0732. The fourth-order valence-corrected chi connectivity index (χ4v) is 5.55. The van der Waals surface area contributed by atoms with Crippen molar-refractivity contribution < 1.29 is 23.3 Å². The third-order valence-corrected chi connectivity index (χ3v) is 7.52. The molecule has 0 aliphatic rings. The first-order chi connectivity index (χ1) is 20.1. The monoisotopic (exact) mass is 720 g/mol. The molecule has 0 aromatic heterocycles. The molecule has 0 N–H and O–H groups in total. The third-order valence-electron chi connectivity index (χ3n) is 7.52. The number of benzene rings is 5. The van der Waals surface area contributed by atoms with Crippen LogP contribution in [0.2, 0.25) is 0 Å².